The lowest BCUT2D eigenvalue weighted by atomic mass is 9.97. The van der Waals surface area contributed by atoms with Gasteiger partial charge < -0.3 is 10.4 Å². The van der Waals surface area contributed by atoms with E-state index in [0.717, 1.165) is 38.2 Å². The molecule has 2 rings (SSSR count). The first-order valence-electron chi connectivity index (χ1n) is 6.65. The maximum absolute atomic E-state index is 13.4. The molecule has 1 heterocycles. The largest absolute Gasteiger partial charge is 0.508 e. The zero-order valence-corrected chi connectivity index (χ0v) is 11.3. The van der Waals surface area contributed by atoms with E-state index >= 15 is 0 Å². The van der Waals surface area contributed by atoms with Crippen molar-refractivity contribution in [2.45, 2.75) is 19.4 Å². The fraction of sp³-hybridized carbons (Fsp3) is 0.467. The molecule has 1 atom stereocenters. The molecule has 1 saturated heterocycles. The first-order chi connectivity index (χ1) is 9.08. The van der Waals surface area contributed by atoms with Gasteiger partial charge in [-0.15, -0.1) is 6.58 Å². The molecule has 3 nitrogen and oxygen atoms in total. The minimum absolute atomic E-state index is 0.00435. The van der Waals surface area contributed by atoms with Crippen LogP contribution in [0.1, 0.15) is 24.9 Å². The van der Waals surface area contributed by atoms with Crippen LogP contribution in [0.5, 0.6) is 5.75 Å². The van der Waals surface area contributed by atoms with E-state index in [1.54, 1.807) is 0 Å². The molecule has 0 amide bonds. The molecule has 0 unspecified atom stereocenters. The monoisotopic (exact) mass is 264 g/mol. The summed E-state index contributed by atoms with van der Waals surface area (Å²) < 4.78 is 13.4. The molecule has 0 saturated carbocycles. The summed E-state index contributed by atoms with van der Waals surface area (Å²) in [6.45, 7) is 9.55. The summed E-state index contributed by atoms with van der Waals surface area (Å²) >= 11 is 0. The number of nitrogens with one attached hydrogen (secondary N) is 1. The molecular weight excluding hydrogens is 243 g/mol. The Morgan fingerprint density at radius 1 is 1.47 bits per heavy atom. The van der Waals surface area contributed by atoms with Crippen LogP contribution >= 0.6 is 0 Å². The average molecular weight is 264 g/mol. The van der Waals surface area contributed by atoms with E-state index in [1.807, 2.05) is 6.92 Å². The van der Waals surface area contributed by atoms with Crippen LogP contribution in [-0.2, 0) is 0 Å². The van der Waals surface area contributed by atoms with Crippen molar-refractivity contribution in [3.63, 3.8) is 0 Å². The maximum atomic E-state index is 13.4. The summed E-state index contributed by atoms with van der Waals surface area (Å²) in [6.07, 6.45) is 0.733. The number of hydrogen-bond acceptors (Lipinski definition) is 3. The summed E-state index contributed by atoms with van der Waals surface area (Å²) in [4.78, 5) is 2.28. The number of halogens is 1. The van der Waals surface area contributed by atoms with E-state index in [9.17, 15) is 9.50 Å². The molecule has 19 heavy (non-hydrogen) atoms. The van der Waals surface area contributed by atoms with Crippen molar-refractivity contribution in [3.05, 3.63) is 41.7 Å². The van der Waals surface area contributed by atoms with Gasteiger partial charge in [0.15, 0.2) is 0 Å². The smallest absolute Gasteiger partial charge is 0.123 e. The molecule has 1 aliphatic rings. The van der Waals surface area contributed by atoms with Crippen molar-refractivity contribution in [1.82, 2.24) is 10.2 Å². The van der Waals surface area contributed by atoms with Crippen LogP contribution in [0, 0.1) is 5.82 Å². The van der Waals surface area contributed by atoms with Crippen LogP contribution in [0.25, 0.3) is 0 Å². The first-order valence-corrected chi connectivity index (χ1v) is 6.65. The highest BCUT2D eigenvalue weighted by atomic mass is 19.1. The van der Waals surface area contributed by atoms with Crippen LogP contribution in [0.15, 0.2) is 30.4 Å². The van der Waals surface area contributed by atoms with Crippen molar-refractivity contribution in [2.24, 2.45) is 0 Å². The Morgan fingerprint density at radius 2 is 2.16 bits per heavy atom. The van der Waals surface area contributed by atoms with Crippen LogP contribution in [0.2, 0.25) is 0 Å². The second-order valence-electron chi connectivity index (χ2n) is 5.17. The highest BCUT2D eigenvalue weighted by molar-refractivity contribution is 5.36. The second kappa shape index (κ2) is 6.17. The summed E-state index contributed by atoms with van der Waals surface area (Å²) in [7, 11) is 0. The highest BCUT2D eigenvalue weighted by Crippen LogP contribution is 2.33. The third kappa shape index (κ3) is 3.55. The lowest BCUT2D eigenvalue weighted by Gasteiger charge is -2.35. The molecule has 0 radical (unpaired) electrons. The zero-order valence-electron chi connectivity index (χ0n) is 11.3. The van der Waals surface area contributed by atoms with Gasteiger partial charge in [0, 0.05) is 37.8 Å². The average Bonchev–Trinajstić information content (AvgIpc) is 2.40. The maximum Gasteiger partial charge on any atom is 0.123 e. The molecule has 4 heteroatoms. The molecule has 104 valence electrons. The lowest BCUT2D eigenvalue weighted by molar-refractivity contribution is 0.169. The van der Waals surface area contributed by atoms with Gasteiger partial charge in [-0.05, 0) is 31.5 Å². The van der Waals surface area contributed by atoms with Gasteiger partial charge in [-0.2, -0.15) is 0 Å². The molecule has 0 spiro atoms. The van der Waals surface area contributed by atoms with Crippen LogP contribution < -0.4 is 5.32 Å². The minimum Gasteiger partial charge on any atom is -0.508 e. The Labute approximate surface area is 113 Å². The molecule has 1 fully saturated rings. The van der Waals surface area contributed by atoms with E-state index in [-0.39, 0.29) is 17.6 Å². The molecule has 1 aromatic rings. The van der Waals surface area contributed by atoms with Crippen LogP contribution in [0.3, 0.4) is 0 Å². The van der Waals surface area contributed by atoms with Crippen molar-refractivity contribution >= 4 is 0 Å². The standard InChI is InChI=1S/C15H21FN2O/c1-11(2)9-14(18-7-5-17-6-8-18)13-10-12(16)3-4-15(13)19/h3-4,10,14,17,19H,1,5-9H2,2H3/t14-/m1/s1. The van der Waals surface area contributed by atoms with Gasteiger partial charge in [-0.1, -0.05) is 5.57 Å². The summed E-state index contributed by atoms with van der Waals surface area (Å²) in [6, 6.07) is 4.15. The predicted octanol–water partition coefficient (Wildman–Crippen LogP) is 2.44. The van der Waals surface area contributed by atoms with Gasteiger partial charge in [0.1, 0.15) is 11.6 Å². The van der Waals surface area contributed by atoms with Gasteiger partial charge in [0.25, 0.3) is 0 Å². The third-order valence-corrected chi connectivity index (χ3v) is 3.48. The van der Waals surface area contributed by atoms with Gasteiger partial charge in [0.2, 0.25) is 0 Å². The highest BCUT2D eigenvalue weighted by Gasteiger charge is 2.24. The molecule has 0 aliphatic carbocycles. The summed E-state index contributed by atoms with van der Waals surface area (Å²) in [5.74, 6) is -0.152. The number of hydrogen-bond donors (Lipinski definition) is 2. The number of nitrogens with zero attached hydrogens (tertiary/aromatic N) is 1. The van der Waals surface area contributed by atoms with Crippen molar-refractivity contribution in [2.75, 3.05) is 26.2 Å². The Balaban J connectivity index is 2.29. The van der Waals surface area contributed by atoms with E-state index in [0.29, 0.717) is 5.56 Å². The molecule has 1 aromatic carbocycles. The van der Waals surface area contributed by atoms with E-state index in [1.165, 1.54) is 18.2 Å². The molecule has 2 N–H and O–H groups in total. The van der Waals surface area contributed by atoms with E-state index in [4.69, 9.17) is 0 Å². The molecular formula is C15H21FN2O. The van der Waals surface area contributed by atoms with E-state index < -0.39 is 0 Å². The fourth-order valence-corrected chi connectivity index (χ4v) is 2.55. The number of aromatic hydroxyl groups is 1. The number of piperazine rings is 1. The lowest BCUT2D eigenvalue weighted by Crippen LogP contribution is -2.45. The first kappa shape index (κ1) is 14.0. The molecule has 0 bridgehead atoms. The quantitative estimate of drug-likeness (QED) is 0.820. The van der Waals surface area contributed by atoms with Crippen LogP contribution in [0.4, 0.5) is 4.39 Å². The zero-order chi connectivity index (χ0) is 13.8. The van der Waals surface area contributed by atoms with E-state index in [2.05, 4.69) is 16.8 Å². The SMILES string of the molecule is C=C(C)C[C@H](c1cc(F)ccc1O)N1CCNCC1. The normalized spacial score (nSPS) is 18.2. The Hall–Kier alpha value is -1.39. The number of rotatable bonds is 4. The van der Waals surface area contributed by atoms with Crippen molar-refractivity contribution in [3.8, 4) is 5.75 Å². The van der Waals surface area contributed by atoms with Gasteiger partial charge in [0.05, 0.1) is 0 Å². The predicted molar refractivity (Wildman–Crippen MR) is 74.7 cm³/mol. The molecule has 0 aromatic heterocycles. The number of phenolic OH excluding ortho intramolecular Hbond substituents is 1. The molecule has 1 aliphatic heterocycles. The second-order valence-corrected chi connectivity index (χ2v) is 5.17. The topological polar surface area (TPSA) is 35.5 Å². The Morgan fingerprint density at radius 3 is 2.79 bits per heavy atom. The van der Waals surface area contributed by atoms with Gasteiger partial charge in [-0.25, -0.2) is 4.39 Å². The van der Waals surface area contributed by atoms with Crippen molar-refractivity contribution < 1.29 is 9.50 Å². The van der Waals surface area contributed by atoms with Gasteiger partial charge in [-0.3, -0.25) is 4.90 Å². The minimum atomic E-state index is -0.311. The summed E-state index contributed by atoms with van der Waals surface area (Å²) in [5, 5.41) is 13.3. The van der Waals surface area contributed by atoms with Crippen LogP contribution in [-0.4, -0.2) is 36.2 Å². The number of phenols is 1. The summed E-state index contributed by atoms with van der Waals surface area (Å²) in [5.41, 5.74) is 1.69. The fourth-order valence-electron chi connectivity index (χ4n) is 2.55. The third-order valence-electron chi connectivity index (χ3n) is 3.48. The Kier molecular flexibility index (Phi) is 4.56. The van der Waals surface area contributed by atoms with Crippen molar-refractivity contribution in [1.29, 1.82) is 0 Å². The number of benzene rings is 1. The van der Waals surface area contributed by atoms with Gasteiger partial charge >= 0.3 is 0 Å². The Bertz CT molecular complexity index is 455.